The first-order valence-corrected chi connectivity index (χ1v) is 7.52. The summed E-state index contributed by atoms with van der Waals surface area (Å²) in [6, 6.07) is 9.25. The Morgan fingerprint density at radius 1 is 1.21 bits per heavy atom. The zero-order valence-electron chi connectivity index (χ0n) is 12.1. The van der Waals surface area contributed by atoms with E-state index in [0.29, 0.717) is 11.5 Å². The van der Waals surface area contributed by atoms with Crippen LogP contribution in [0.25, 0.3) is 0 Å². The van der Waals surface area contributed by atoms with Crippen LogP contribution in [0, 0.1) is 5.92 Å². The lowest BCUT2D eigenvalue weighted by Gasteiger charge is -2.46. The number of rotatable bonds is 5. The van der Waals surface area contributed by atoms with Crippen molar-refractivity contribution in [2.45, 2.75) is 51.0 Å². The Labute approximate surface area is 128 Å². The fraction of sp³-hybridized carbons (Fsp3) is 0.625. The third kappa shape index (κ3) is 3.45. The van der Waals surface area contributed by atoms with Gasteiger partial charge in [0.1, 0.15) is 0 Å². The molecule has 2 N–H and O–H groups in total. The molecule has 1 saturated carbocycles. The molecule has 0 aliphatic heterocycles. The maximum Gasteiger partial charge on any atom is 0.0957 e. The van der Waals surface area contributed by atoms with Gasteiger partial charge in [-0.3, -0.25) is 0 Å². The fourth-order valence-electron chi connectivity index (χ4n) is 3.40. The van der Waals surface area contributed by atoms with E-state index in [1.54, 1.807) is 0 Å². The molecule has 1 unspecified atom stereocenters. The van der Waals surface area contributed by atoms with E-state index in [4.69, 9.17) is 11.6 Å². The Kier molecular flexibility index (Phi) is 6.16. The molecular formula is C16H25Cl2N. The summed E-state index contributed by atoms with van der Waals surface area (Å²) in [5, 5.41) is 3.27. The van der Waals surface area contributed by atoms with E-state index < -0.39 is 0 Å². The highest BCUT2D eigenvalue weighted by atomic mass is 35.5. The maximum atomic E-state index is 6.01. The molecule has 0 amide bonds. The van der Waals surface area contributed by atoms with Gasteiger partial charge in [0.2, 0.25) is 0 Å². The molecule has 0 aromatic heterocycles. The van der Waals surface area contributed by atoms with Gasteiger partial charge >= 0.3 is 0 Å². The average molecular weight is 302 g/mol. The van der Waals surface area contributed by atoms with Gasteiger partial charge in [0, 0.05) is 16.9 Å². The third-order valence-electron chi connectivity index (χ3n) is 4.50. The smallest absolute Gasteiger partial charge is 0.0957 e. The van der Waals surface area contributed by atoms with E-state index in [1.807, 2.05) is 12.1 Å². The van der Waals surface area contributed by atoms with Crippen molar-refractivity contribution in [2.24, 2.45) is 5.92 Å². The zero-order chi connectivity index (χ0) is 13.2. The van der Waals surface area contributed by atoms with Crippen molar-refractivity contribution in [1.29, 1.82) is 0 Å². The van der Waals surface area contributed by atoms with Crippen LogP contribution in [0.5, 0.6) is 0 Å². The minimum atomic E-state index is 0. The number of quaternary nitrogens is 1. The molecule has 1 fully saturated rings. The lowest BCUT2D eigenvalue weighted by atomic mass is 9.59. The fourth-order valence-corrected chi connectivity index (χ4v) is 3.53. The van der Waals surface area contributed by atoms with Crippen LogP contribution in [-0.2, 0) is 5.41 Å². The molecule has 3 heteroatoms. The zero-order valence-corrected chi connectivity index (χ0v) is 13.6. The molecule has 0 heterocycles. The number of hydrogen-bond donors (Lipinski definition) is 1. The summed E-state index contributed by atoms with van der Waals surface area (Å²) in [7, 11) is 2.23. The highest BCUT2D eigenvalue weighted by Gasteiger charge is 2.47. The first-order valence-electron chi connectivity index (χ1n) is 7.14. The number of hydrogen-bond acceptors (Lipinski definition) is 0. The van der Waals surface area contributed by atoms with Crippen LogP contribution < -0.4 is 17.7 Å². The van der Waals surface area contributed by atoms with E-state index in [1.165, 1.54) is 31.2 Å². The molecule has 1 aromatic rings. The minimum Gasteiger partial charge on any atom is -1.00 e. The summed E-state index contributed by atoms with van der Waals surface area (Å²) in [5.41, 5.74) is 1.88. The van der Waals surface area contributed by atoms with Crippen molar-refractivity contribution < 1.29 is 17.7 Å². The van der Waals surface area contributed by atoms with E-state index in [2.05, 4.69) is 38.3 Å². The highest BCUT2D eigenvalue weighted by molar-refractivity contribution is 6.30. The largest absolute Gasteiger partial charge is 1.00 e. The highest BCUT2D eigenvalue weighted by Crippen LogP contribution is 2.47. The molecule has 2 rings (SSSR count). The van der Waals surface area contributed by atoms with E-state index in [-0.39, 0.29) is 12.4 Å². The van der Waals surface area contributed by atoms with Gasteiger partial charge in [0.15, 0.2) is 0 Å². The minimum absolute atomic E-state index is 0. The summed E-state index contributed by atoms with van der Waals surface area (Å²) >= 11 is 6.01. The van der Waals surface area contributed by atoms with Crippen molar-refractivity contribution in [3.8, 4) is 0 Å². The number of benzene rings is 1. The van der Waals surface area contributed by atoms with Gasteiger partial charge in [0.25, 0.3) is 0 Å². The van der Waals surface area contributed by atoms with Crippen LogP contribution >= 0.6 is 11.6 Å². The second-order valence-electron chi connectivity index (χ2n) is 6.09. The summed E-state index contributed by atoms with van der Waals surface area (Å²) in [4.78, 5) is 0. The van der Waals surface area contributed by atoms with Crippen molar-refractivity contribution in [1.82, 2.24) is 0 Å². The Hall–Kier alpha value is -0.240. The van der Waals surface area contributed by atoms with Gasteiger partial charge in [-0.2, -0.15) is 0 Å². The van der Waals surface area contributed by atoms with Gasteiger partial charge < -0.3 is 17.7 Å². The van der Waals surface area contributed by atoms with Crippen molar-refractivity contribution in [3.63, 3.8) is 0 Å². The summed E-state index contributed by atoms with van der Waals surface area (Å²) in [6.45, 7) is 4.65. The van der Waals surface area contributed by atoms with Crippen molar-refractivity contribution in [3.05, 3.63) is 34.9 Å². The molecule has 0 radical (unpaired) electrons. The van der Waals surface area contributed by atoms with Gasteiger partial charge in [0.05, 0.1) is 13.1 Å². The quantitative estimate of drug-likeness (QED) is 0.809. The number of halogens is 2. The average Bonchev–Trinajstić information content (AvgIpc) is 2.28. The molecule has 108 valence electrons. The SMILES string of the molecule is C[NH2+]C(CC(C)C)C1(c2ccc(Cl)cc2)CCC1.[Cl-]. The van der Waals surface area contributed by atoms with E-state index in [9.17, 15) is 0 Å². The molecule has 1 aromatic carbocycles. The molecule has 19 heavy (non-hydrogen) atoms. The topological polar surface area (TPSA) is 16.6 Å². The standard InChI is InChI=1S/C16H24ClN.ClH/c1-12(2)11-15(18-3)16(9-4-10-16)13-5-7-14(17)8-6-13;/h5-8,12,15,18H,4,9-11H2,1-3H3;1H. The molecule has 0 bridgehead atoms. The van der Waals surface area contributed by atoms with Crippen LogP contribution in [0.15, 0.2) is 24.3 Å². The Morgan fingerprint density at radius 2 is 1.79 bits per heavy atom. The van der Waals surface area contributed by atoms with Gasteiger partial charge in [-0.05, 0) is 36.5 Å². The van der Waals surface area contributed by atoms with Crippen LogP contribution in [0.3, 0.4) is 0 Å². The molecule has 0 spiro atoms. The van der Waals surface area contributed by atoms with Gasteiger partial charge in [-0.25, -0.2) is 0 Å². The lowest BCUT2D eigenvalue weighted by Crippen LogP contribution is -3.00. The van der Waals surface area contributed by atoms with Crippen LogP contribution in [-0.4, -0.2) is 13.1 Å². The summed E-state index contributed by atoms with van der Waals surface area (Å²) in [6.07, 6.45) is 5.32. The Bertz CT molecular complexity index is 382. The lowest BCUT2D eigenvalue weighted by molar-refractivity contribution is -0.676. The first kappa shape index (κ1) is 16.8. The van der Waals surface area contributed by atoms with Gasteiger partial charge in [-0.15, -0.1) is 0 Å². The number of likely N-dealkylation sites (N-methyl/N-ethyl adjacent to an activating group) is 1. The van der Waals surface area contributed by atoms with Crippen LogP contribution in [0.4, 0.5) is 0 Å². The van der Waals surface area contributed by atoms with Gasteiger partial charge in [-0.1, -0.05) is 44.0 Å². The van der Waals surface area contributed by atoms with Crippen molar-refractivity contribution in [2.75, 3.05) is 7.05 Å². The predicted octanol–water partition coefficient (Wildman–Crippen LogP) is 0.374. The van der Waals surface area contributed by atoms with E-state index >= 15 is 0 Å². The van der Waals surface area contributed by atoms with Crippen molar-refractivity contribution >= 4 is 11.6 Å². The molecule has 1 atom stereocenters. The molecule has 1 aliphatic rings. The Balaban J connectivity index is 0.00000180. The molecule has 0 saturated heterocycles. The van der Waals surface area contributed by atoms with Crippen LogP contribution in [0.1, 0.15) is 45.1 Å². The first-order chi connectivity index (χ1) is 8.58. The summed E-state index contributed by atoms with van der Waals surface area (Å²) < 4.78 is 0. The monoisotopic (exact) mass is 301 g/mol. The number of nitrogens with two attached hydrogens (primary N) is 1. The second kappa shape index (κ2) is 6.97. The second-order valence-corrected chi connectivity index (χ2v) is 6.52. The van der Waals surface area contributed by atoms with E-state index in [0.717, 1.165) is 10.9 Å². The molecular weight excluding hydrogens is 277 g/mol. The third-order valence-corrected chi connectivity index (χ3v) is 4.75. The predicted molar refractivity (Wildman–Crippen MR) is 78.1 cm³/mol. The van der Waals surface area contributed by atoms with Crippen LogP contribution in [0.2, 0.25) is 5.02 Å². The molecule has 1 aliphatic carbocycles. The Morgan fingerprint density at radius 3 is 2.16 bits per heavy atom. The molecule has 1 nitrogen and oxygen atoms in total. The summed E-state index contributed by atoms with van der Waals surface area (Å²) in [5.74, 6) is 0.760. The normalized spacial score (nSPS) is 18.6. The maximum absolute atomic E-state index is 6.01.